The molecule has 1 heterocycles. The highest BCUT2D eigenvalue weighted by Gasteiger charge is 2.50. The molecule has 0 N–H and O–H groups in total. The first-order chi connectivity index (χ1) is 9.30. The maximum absolute atomic E-state index is 12.8. The van der Waals surface area contributed by atoms with Crippen LogP contribution in [0.4, 0.5) is 0 Å². The van der Waals surface area contributed by atoms with Gasteiger partial charge in [0.05, 0.1) is 5.92 Å². The zero-order chi connectivity index (χ0) is 14.5. The van der Waals surface area contributed by atoms with E-state index in [1.54, 1.807) is 0 Å². The molecule has 0 saturated carbocycles. The van der Waals surface area contributed by atoms with Crippen molar-refractivity contribution in [3.8, 4) is 0 Å². The van der Waals surface area contributed by atoms with E-state index >= 15 is 0 Å². The molecule has 3 heteroatoms. The number of carbonyl (C=O) groups is 1. The van der Waals surface area contributed by atoms with Crippen molar-refractivity contribution < 1.29 is 14.3 Å². The van der Waals surface area contributed by atoms with Gasteiger partial charge in [0, 0.05) is 20.3 Å². The van der Waals surface area contributed by atoms with Crippen molar-refractivity contribution in [3.63, 3.8) is 0 Å². The van der Waals surface area contributed by atoms with Gasteiger partial charge in [0.15, 0.2) is 0 Å². The molecule has 2 aliphatic rings. The monoisotopic (exact) mass is 272 g/mol. The first-order valence-electron chi connectivity index (χ1n) is 7.00. The zero-order valence-electron chi connectivity index (χ0n) is 12.4. The third-order valence-corrected chi connectivity index (χ3v) is 3.99. The van der Waals surface area contributed by atoms with E-state index in [9.17, 15) is 4.79 Å². The Morgan fingerprint density at radius 1 is 1.05 bits per heavy atom. The summed E-state index contributed by atoms with van der Waals surface area (Å²) in [5.74, 6) is 0.246. The van der Waals surface area contributed by atoms with E-state index in [0.717, 1.165) is 12.0 Å². The van der Waals surface area contributed by atoms with Crippen LogP contribution in [0.15, 0.2) is 41.9 Å². The lowest BCUT2D eigenvalue weighted by molar-refractivity contribution is -0.137. The van der Waals surface area contributed by atoms with Crippen LogP contribution in [-0.4, -0.2) is 11.6 Å². The van der Waals surface area contributed by atoms with Gasteiger partial charge in [0.25, 0.3) is 0 Å². The fourth-order valence-corrected chi connectivity index (χ4v) is 3.22. The molecule has 1 aliphatic heterocycles. The second kappa shape index (κ2) is 4.11. The number of ketones is 1. The Balaban J connectivity index is 2.03. The average molecular weight is 272 g/mol. The summed E-state index contributed by atoms with van der Waals surface area (Å²) in [5, 5.41) is 0. The summed E-state index contributed by atoms with van der Waals surface area (Å²) in [5.41, 5.74) is 0.864. The minimum atomic E-state index is -0.734. The van der Waals surface area contributed by atoms with Crippen molar-refractivity contribution in [3.05, 3.63) is 47.4 Å². The molecular formula is C17H20O3. The predicted molar refractivity (Wildman–Crippen MR) is 75.9 cm³/mol. The summed E-state index contributed by atoms with van der Waals surface area (Å²) >= 11 is 0. The van der Waals surface area contributed by atoms with Crippen molar-refractivity contribution >= 4 is 5.78 Å². The first kappa shape index (κ1) is 13.2. The molecule has 3 rings (SSSR count). The van der Waals surface area contributed by atoms with Crippen molar-refractivity contribution in [1.82, 2.24) is 0 Å². The van der Waals surface area contributed by atoms with Crippen LogP contribution < -0.4 is 0 Å². The molecule has 20 heavy (non-hydrogen) atoms. The predicted octanol–water partition coefficient (Wildman–Crippen LogP) is 3.76. The molecule has 0 radical (unpaired) electrons. The molecule has 0 spiro atoms. The lowest BCUT2D eigenvalue weighted by atomic mass is 9.67. The lowest BCUT2D eigenvalue weighted by Gasteiger charge is -2.36. The van der Waals surface area contributed by atoms with Gasteiger partial charge in [-0.1, -0.05) is 44.2 Å². The molecule has 1 aromatic rings. The lowest BCUT2D eigenvalue weighted by Crippen LogP contribution is -2.34. The molecule has 1 aromatic carbocycles. The van der Waals surface area contributed by atoms with Gasteiger partial charge in [-0.2, -0.15) is 0 Å². The topological polar surface area (TPSA) is 35.5 Å². The number of benzene rings is 1. The third-order valence-electron chi connectivity index (χ3n) is 3.99. The minimum absolute atomic E-state index is 0.0352. The van der Waals surface area contributed by atoms with Crippen molar-refractivity contribution in [1.29, 1.82) is 0 Å². The smallest absolute Gasteiger partial charge is 0.245 e. The normalized spacial score (nSPS) is 26.8. The summed E-state index contributed by atoms with van der Waals surface area (Å²) in [7, 11) is 0. The van der Waals surface area contributed by atoms with E-state index in [-0.39, 0.29) is 17.1 Å². The second-order valence-electron chi connectivity index (χ2n) is 6.73. The summed E-state index contributed by atoms with van der Waals surface area (Å²) in [6.07, 6.45) is 0.719. The van der Waals surface area contributed by atoms with Gasteiger partial charge >= 0.3 is 0 Å². The molecule has 0 amide bonds. The van der Waals surface area contributed by atoms with Gasteiger partial charge in [-0.3, -0.25) is 4.79 Å². The number of ether oxygens (including phenoxy) is 2. The molecule has 1 unspecified atom stereocenters. The standard InChI is InChI=1S/C17H20O3/c1-16(2)10-12-15(20-17(3,4)19-12)14(18)13(16)11-8-6-5-7-9-11/h5-9,13H,10H2,1-4H3. The molecule has 1 aliphatic carbocycles. The quantitative estimate of drug-likeness (QED) is 0.780. The number of allylic oxidation sites excluding steroid dienone is 2. The van der Waals surface area contributed by atoms with Crippen LogP contribution in [0.1, 0.15) is 45.6 Å². The maximum atomic E-state index is 12.8. The molecule has 1 atom stereocenters. The van der Waals surface area contributed by atoms with Crippen LogP contribution in [-0.2, 0) is 14.3 Å². The summed E-state index contributed by atoms with van der Waals surface area (Å²) < 4.78 is 11.5. The first-order valence-corrected chi connectivity index (χ1v) is 7.00. The SMILES string of the molecule is CC1(C)OC2=C(O1)C(=O)C(c1ccccc1)C(C)(C)C2. The number of hydrogen-bond acceptors (Lipinski definition) is 3. The van der Waals surface area contributed by atoms with Crippen molar-refractivity contribution in [2.45, 2.75) is 45.8 Å². The van der Waals surface area contributed by atoms with Gasteiger partial charge < -0.3 is 9.47 Å². The van der Waals surface area contributed by atoms with E-state index in [0.29, 0.717) is 11.5 Å². The summed E-state index contributed by atoms with van der Waals surface area (Å²) in [6, 6.07) is 9.93. The number of hydrogen-bond donors (Lipinski definition) is 0. The highest BCUT2D eigenvalue weighted by molar-refractivity contribution is 6.01. The number of Topliss-reactive ketones (excluding diaryl/α,β-unsaturated/α-hetero) is 1. The summed E-state index contributed by atoms with van der Waals surface area (Å²) in [6.45, 7) is 7.90. The molecular weight excluding hydrogens is 252 g/mol. The second-order valence-corrected chi connectivity index (χ2v) is 6.73. The number of carbonyl (C=O) groups excluding carboxylic acids is 1. The molecule has 3 nitrogen and oxygen atoms in total. The molecule has 106 valence electrons. The van der Waals surface area contributed by atoms with Gasteiger partial charge in [-0.05, 0) is 11.0 Å². The van der Waals surface area contributed by atoms with E-state index < -0.39 is 5.79 Å². The zero-order valence-corrected chi connectivity index (χ0v) is 12.4. The van der Waals surface area contributed by atoms with Crippen LogP contribution >= 0.6 is 0 Å². The van der Waals surface area contributed by atoms with Gasteiger partial charge in [-0.15, -0.1) is 0 Å². The van der Waals surface area contributed by atoms with Crippen molar-refractivity contribution in [2.75, 3.05) is 0 Å². The van der Waals surface area contributed by atoms with Gasteiger partial charge in [-0.25, -0.2) is 0 Å². The average Bonchev–Trinajstić information content (AvgIpc) is 2.64. The molecule has 0 fully saturated rings. The van der Waals surface area contributed by atoms with Crippen LogP contribution in [0.5, 0.6) is 0 Å². The largest absolute Gasteiger partial charge is 0.453 e. The maximum Gasteiger partial charge on any atom is 0.245 e. The molecule has 0 saturated heterocycles. The highest BCUT2D eigenvalue weighted by atomic mass is 16.7. The van der Waals surface area contributed by atoms with Gasteiger partial charge in [0.2, 0.25) is 17.3 Å². The Morgan fingerprint density at radius 2 is 1.70 bits per heavy atom. The van der Waals surface area contributed by atoms with Crippen LogP contribution in [0.2, 0.25) is 0 Å². The third kappa shape index (κ3) is 2.01. The van der Waals surface area contributed by atoms with Gasteiger partial charge in [0.1, 0.15) is 5.76 Å². The van der Waals surface area contributed by atoms with Crippen molar-refractivity contribution in [2.24, 2.45) is 5.41 Å². The minimum Gasteiger partial charge on any atom is -0.453 e. The van der Waals surface area contributed by atoms with E-state index in [2.05, 4.69) is 13.8 Å². The fraction of sp³-hybridized carbons (Fsp3) is 0.471. The Morgan fingerprint density at radius 3 is 2.35 bits per heavy atom. The van der Waals surface area contributed by atoms with E-state index in [4.69, 9.17) is 9.47 Å². The van der Waals surface area contributed by atoms with E-state index in [1.807, 2.05) is 44.2 Å². The van der Waals surface area contributed by atoms with Crippen LogP contribution in [0, 0.1) is 5.41 Å². The fourth-order valence-electron chi connectivity index (χ4n) is 3.22. The Labute approximate surface area is 119 Å². The van der Waals surface area contributed by atoms with E-state index in [1.165, 1.54) is 0 Å². The van der Waals surface area contributed by atoms with Crippen LogP contribution in [0.3, 0.4) is 0 Å². The Kier molecular flexibility index (Phi) is 2.72. The van der Waals surface area contributed by atoms with Crippen LogP contribution in [0.25, 0.3) is 0 Å². The molecule has 0 bridgehead atoms. The molecule has 0 aromatic heterocycles. The Bertz CT molecular complexity index is 582. The number of rotatable bonds is 1. The summed E-state index contributed by atoms with van der Waals surface area (Å²) in [4.78, 5) is 12.8. The Hall–Kier alpha value is -1.77. The highest BCUT2D eigenvalue weighted by Crippen LogP contribution is 2.51.